The summed E-state index contributed by atoms with van der Waals surface area (Å²) in [5.74, 6) is 1.80. The summed E-state index contributed by atoms with van der Waals surface area (Å²) in [5, 5.41) is 6.65. The molecule has 0 radical (unpaired) electrons. The molecule has 1 aliphatic carbocycles. The molecule has 4 rings (SSSR count). The van der Waals surface area contributed by atoms with Crippen LogP contribution in [-0.4, -0.2) is 49.3 Å². The van der Waals surface area contributed by atoms with Crippen molar-refractivity contribution in [1.82, 2.24) is 15.6 Å². The maximum atomic E-state index is 12.5. The molecule has 136 valence electrons. The molecular weight excluding hydrogens is 316 g/mol. The zero-order valence-electron chi connectivity index (χ0n) is 14.7. The lowest BCUT2D eigenvalue weighted by atomic mass is 9.85. The summed E-state index contributed by atoms with van der Waals surface area (Å²) < 4.78 is 5.39. The third-order valence-electron chi connectivity index (χ3n) is 5.79. The number of amides is 1. The average Bonchev–Trinajstić information content (AvgIpc) is 3.11. The largest absolute Gasteiger partial charge is 0.378 e. The zero-order valence-corrected chi connectivity index (χ0v) is 14.7. The Kier molecular flexibility index (Phi) is 5.17. The van der Waals surface area contributed by atoms with E-state index in [0.29, 0.717) is 18.5 Å². The van der Waals surface area contributed by atoms with Crippen LogP contribution in [0.3, 0.4) is 0 Å². The van der Waals surface area contributed by atoms with Crippen LogP contribution in [0.2, 0.25) is 0 Å². The van der Waals surface area contributed by atoms with Crippen molar-refractivity contribution in [2.75, 3.05) is 31.2 Å². The van der Waals surface area contributed by atoms with Gasteiger partial charge in [-0.2, -0.15) is 0 Å². The number of hydrogen-bond acceptors (Lipinski definition) is 5. The van der Waals surface area contributed by atoms with Gasteiger partial charge in [0.25, 0.3) is 0 Å². The summed E-state index contributed by atoms with van der Waals surface area (Å²) >= 11 is 0. The molecule has 3 unspecified atom stereocenters. The highest BCUT2D eigenvalue weighted by molar-refractivity contribution is 5.82. The second kappa shape index (κ2) is 7.70. The lowest BCUT2D eigenvalue weighted by molar-refractivity contribution is -0.123. The lowest BCUT2D eigenvalue weighted by Crippen LogP contribution is -2.42. The topological polar surface area (TPSA) is 66.5 Å². The number of nitrogens with zero attached hydrogens (tertiary/aromatic N) is 2. The molecule has 1 aromatic heterocycles. The van der Waals surface area contributed by atoms with E-state index in [0.717, 1.165) is 44.1 Å². The maximum Gasteiger partial charge on any atom is 0.237 e. The molecule has 1 amide bonds. The van der Waals surface area contributed by atoms with E-state index in [1.54, 1.807) is 0 Å². The molecule has 0 bridgehead atoms. The van der Waals surface area contributed by atoms with E-state index >= 15 is 0 Å². The molecule has 3 heterocycles. The Morgan fingerprint density at radius 3 is 3.00 bits per heavy atom. The van der Waals surface area contributed by atoms with Gasteiger partial charge in [-0.1, -0.05) is 12.8 Å². The Balaban J connectivity index is 1.31. The van der Waals surface area contributed by atoms with Gasteiger partial charge in [0.05, 0.1) is 19.3 Å². The van der Waals surface area contributed by atoms with Crippen molar-refractivity contribution in [1.29, 1.82) is 0 Å². The first-order chi connectivity index (χ1) is 12.3. The van der Waals surface area contributed by atoms with Crippen molar-refractivity contribution in [3.63, 3.8) is 0 Å². The van der Waals surface area contributed by atoms with Crippen molar-refractivity contribution in [3.8, 4) is 0 Å². The number of carbonyl (C=O) groups excluding carboxylic acids is 1. The maximum absolute atomic E-state index is 12.5. The van der Waals surface area contributed by atoms with E-state index in [-0.39, 0.29) is 11.9 Å². The SMILES string of the molecule is O=C(NCc1ccnc(N2CCOCC2)c1)C1CC2CCCCC2N1. The minimum absolute atomic E-state index is 0.0198. The lowest BCUT2D eigenvalue weighted by Gasteiger charge is -2.28. The van der Waals surface area contributed by atoms with Crippen LogP contribution in [-0.2, 0) is 16.1 Å². The molecule has 3 aliphatic rings. The fraction of sp³-hybridized carbons (Fsp3) is 0.684. The minimum atomic E-state index is -0.0198. The third-order valence-corrected chi connectivity index (χ3v) is 5.79. The van der Waals surface area contributed by atoms with Crippen LogP contribution in [0.5, 0.6) is 0 Å². The molecule has 1 saturated carbocycles. The molecule has 0 spiro atoms. The van der Waals surface area contributed by atoms with E-state index < -0.39 is 0 Å². The fourth-order valence-electron chi connectivity index (χ4n) is 4.37. The van der Waals surface area contributed by atoms with Gasteiger partial charge in [-0.15, -0.1) is 0 Å². The Morgan fingerprint density at radius 2 is 2.16 bits per heavy atom. The standard InChI is InChI=1S/C19H28N4O2/c24-19(17-12-15-3-1-2-4-16(15)22-17)21-13-14-5-6-20-18(11-14)23-7-9-25-10-8-23/h5-6,11,15-17,22H,1-4,7-10,12-13H2,(H,21,24). The molecule has 3 atom stereocenters. The number of carbonyl (C=O) groups is 1. The van der Waals surface area contributed by atoms with Crippen LogP contribution in [0.4, 0.5) is 5.82 Å². The van der Waals surface area contributed by atoms with Gasteiger partial charge in [0, 0.05) is 31.9 Å². The van der Waals surface area contributed by atoms with Gasteiger partial charge < -0.3 is 20.3 Å². The first kappa shape index (κ1) is 16.8. The predicted octanol–water partition coefficient (Wildman–Crippen LogP) is 1.46. The highest BCUT2D eigenvalue weighted by atomic mass is 16.5. The van der Waals surface area contributed by atoms with Gasteiger partial charge >= 0.3 is 0 Å². The second-order valence-electron chi connectivity index (χ2n) is 7.45. The highest BCUT2D eigenvalue weighted by Gasteiger charge is 2.37. The monoisotopic (exact) mass is 344 g/mol. The third kappa shape index (κ3) is 3.96. The van der Waals surface area contributed by atoms with Crippen LogP contribution < -0.4 is 15.5 Å². The molecule has 2 N–H and O–H groups in total. The summed E-state index contributed by atoms with van der Waals surface area (Å²) in [4.78, 5) is 19.2. The quantitative estimate of drug-likeness (QED) is 0.866. The number of anilines is 1. The van der Waals surface area contributed by atoms with E-state index in [4.69, 9.17) is 4.74 Å². The first-order valence-corrected chi connectivity index (χ1v) is 9.61. The summed E-state index contributed by atoms with van der Waals surface area (Å²) in [6.07, 6.45) is 7.93. The van der Waals surface area contributed by atoms with Gasteiger partial charge in [-0.25, -0.2) is 4.98 Å². The van der Waals surface area contributed by atoms with Crippen molar-refractivity contribution < 1.29 is 9.53 Å². The summed E-state index contributed by atoms with van der Waals surface area (Å²) in [5.41, 5.74) is 1.10. The Bertz CT molecular complexity index is 589. The molecule has 0 aromatic carbocycles. The molecule has 6 heteroatoms. The average molecular weight is 344 g/mol. The van der Waals surface area contributed by atoms with Gasteiger partial charge in [-0.05, 0) is 42.9 Å². The smallest absolute Gasteiger partial charge is 0.237 e. The predicted molar refractivity (Wildman–Crippen MR) is 96.4 cm³/mol. The molecule has 2 aliphatic heterocycles. The number of fused-ring (bicyclic) bond motifs is 1. The van der Waals surface area contributed by atoms with Crippen LogP contribution in [0.1, 0.15) is 37.7 Å². The zero-order chi connectivity index (χ0) is 17.1. The van der Waals surface area contributed by atoms with Crippen LogP contribution in [0.25, 0.3) is 0 Å². The number of nitrogens with one attached hydrogen (secondary N) is 2. The molecule has 2 saturated heterocycles. The van der Waals surface area contributed by atoms with Crippen molar-refractivity contribution in [2.24, 2.45) is 5.92 Å². The van der Waals surface area contributed by atoms with Crippen LogP contribution >= 0.6 is 0 Å². The fourth-order valence-corrected chi connectivity index (χ4v) is 4.37. The number of ether oxygens (including phenoxy) is 1. The van der Waals surface area contributed by atoms with E-state index in [1.807, 2.05) is 12.3 Å². The van der Waals surface area contributed by atoms with Gasteiger partial charge in [-0.3, -0.25) is 4.79 Å². The van der Waals surface area contributed by atoms with Crippen LogP contribution in [0.15, 0.2) is 18.3 Å². The van der Waals surface area contributed by atoms with Gasteiger partial charge in [0.1, 0.15) is 5.82 Å². The van der Waals surface area contributed by atoms with Crippen molar-refractivity contribution >= 4 is 11.7 Å². The van der Waals surface area contributed by atoms with Crippen LogP contribution in [0, 0.1) is 5.92 Å². The minimum Gasteiger partial charge on any atom is -0.378 e. The number of pyridine rings is 1. The van der Waals surface area contributed by atoms with Gasteiger partial charge in [0.15, 0.2) is 0 Å². The molecule has 1 aromatic rings. The van der Waals surface area contributed by atoms with Crippen molar-refractivity contribution in [2.45, 2.75) is 50.7 Å². The summed E-state index contributed by atoms with van der Waals surface area (Å²) in [6, 6.07) is 4.59. The number of rotatable bonds is 4. The highest BCUT2D eigenvalue weighted by Crippen LogP contribution is 2.33. The molecule has 6 nitrogen and oxygen atoms in total. The normalized spacial score (nSPS) is 29.3. The Hall–Kier alpha value is -1.66. The molecule has 3 fully saturated rings. The van der Waals surface area contributed by atoms with E-state index in [9.17, 15) is 4.79 Å². The number of morpholine rings is 1. The summed E-state index contributed by atoms with van der Waals surface area (Å²) in [7, 11) is 0. The molecular formula is C19H28N4O2. The van der Waals surface area contributed by atoms with E-state index in [1.165, 1.54) is 25.7 Å². The van der Waals surface area contributed by atoms with E-state index in [2.05, 4.69) is 26.6 Å². The number of aromatic nitrogens is 1. The molecule has 25 heavy (non-hydrogen) atoms. The first-order valence-electron chi connectivity index (χ1n) is 9.61. The summed E-state index contributed by atoms with van der Waals surface area (Å²) in [6.45, 7) is 3.80. The Morgan fingerprint density at radius 1 is 1.32 bits per heavy atom. The van der Waals surface area contributed by atoms with Gasteiger partial charge in [0.2, 0.25) is 5.91 Å². The Labute approximate surface area is 149 Å². The van der Waals surface area contributed by atoms with Crippen molar-refractivity contribution in [3.05, 3.63) is 23.9 Å². The number of hydrogen-bond donors (Lipinski definition) is 2. The second-order valence-corrected chi connectivity index (χ2v) is 7.45.